The van der Waals surface area contributed by atoms with Gasteiger partial charge in [0.15, 0.2) is 0 Å². The lowest BCUT2D eigenvalue weighted by Crippen LogP contribution is -2.49. The minimum Gasteiger partial charge on any atom is -0.329 e. The number of nitrogens with two attached hydrogens (primary N) is 1. The van der Waals surface area contributed by atoms with E-state index in [1.54, 1.807) is 0 Å². The van der Waals surface area contributed by atoms with Gasteiger partial charge in [-0.15, -0.1) is 0 Å². The molecule has 1 aromatic heterocycles. The highest BCUT2D eigenvalue weighted by Gasteiger charge is 2.39. The maximum Gasteiger partial charge on any atom is 0.0334 e. The van der Waals surface area contributed by atoms with Crippen LogP contribution in [0.4, 0.5) is 0 Å². The molecule has 2 atom stereocenters. The summed E-state index contributed by atoms with van der Waals surface area (Å²) in [6.45, 7) is 4.03. The van der Waals surface area contributed by atoms with E-state index in [9.17, 15) is 0 Å². The molecule has 1 heterocycles. The van der Waals surface area contributed by atoms with Gasteiger partial charge < -0.3 is 5.73 Å². The lowest BCUT2D eigenvalue weighted by Gasteiger charge is -2.38. The number of hydrogen-bond donors (Lipinski definition) is 1. The standard InChI is InChI=1S/C14H23N3/c1-12-5-6-14(8-12,11-15)17(2)10-13-4-3-7-16-9-13/h3-4,7,9,12H,5-6,8,10-11,15H2,1-2H3. The second-order valence-corrected chi connectivity index (χ2v) is 5.49. The molecule has 0 aromatic carbocycles. The van der Waals surface area contributed by atoms with Crippen LogP contribution in [-0.4, -0.2) is 29.0 Å². The minimum atomic E-state index is 0.204. The van der Waals surface area contributed by atoms with Gasteiger partial charge in [0.05, 0.1) is 0 Å². The molecule has 3 heteroatoms. The van der Waals surface area contributed by atoms with Gasteiger partial charge in [-0.3, -0.25) is 9.88 Å². The molecule has 1 fully saturated rings. The zero-order valence-electron chi connectivity index (χ0n) is 10.9. The third-order valence-electron chi connectivity index (χ3n) is 4.16. The van der Waals surface area contributed by atoms with E-state index in [0.29, 0.717) is 0 Å². The molecule has 1 aromatic rings. The van der Waals surface area contributed by atoms with Crippen LogP contribution < -0.4 is 5.73 Å². The molecule has 1 saturated carbocycles. The molecule has 0 bridgehead atoms. The zero-order chi connectivity index (χ0) is 12.3. The fourth-order valence-electron chi connectivity index (χ4n) is 2.99. The minimum absolute atomic E-state index is 0.204. The van der Waals surface area contributed by atoms with E-state index in [4.69, 9.17) is 5.73 Å². The Balaban J connectivity index is 2.06. The normalized spacial score (nSPS) is 28.8. The van der Waals surface area contributed by atoms with Crippen molar-refractivity contribution in [1.82, 2.24) is 9.88 Å². The summed E-state index contributed by atoms with van der Waals surface area (Å²) in [5, 5.41) is 0. The molecule has 3 nitrogen and oxygen atoms in total. The Morgan fingerprint density at radius 2 is 2.41 bits per heavy atom. The van der Waals surface area contributed by atoms with E-state index in [-0.39, 0.29) is 5.54 Å². The molecule has 0 aliphatic heterocycles. The maximum atomic E-state index is 6.03. The van der Waals surface area contributed by atoms with Crippen molar-refractivity contribution in [2.24, 2.45) is 11.7 Å². The molecule has 0 saturated heterocycles. The van der Waals surface area contributed by atoms with Crippen molar-refractivity contribution in [2.75, 3.05) is 13.6 Å². The van der Waals surface area contributed by atoms with E-state index < -0.39 is 0 Å². The molecule has 94 valence electrons. The SMILES string of the molecule is CC1CCC(CN)(N(C)Cc2cccnc2)C1. The first-order valence-electron chi connectivity index (χ1n) is 6.46. The first-order valence-corrected chi connectivity index (χ1v) is 6.46. The highest BCUT2D eigenvalue weighted by molar-refractivity contribution is 5.10. The fraction of sp³-hybridized carbons (Fsp3) is 0.643. The summed E-state index contributed by atoms with van der Waals surface area (Å²) in [7, 11) is 2.19. The Labute approximate surface area is 104 Å². The van der Waals surface area contributed by atoms with Gasteiger partial charge in [0, 0.05) is 31.0 Å². The lowest BCUT2D eigenvalue weighted by molar-refractivity contribution is 0.120. The Hall–Kier alpha value is -0.930. The fourth-order valence-corrected chi connectivity index (χ4v) is 2.99. The molecular weight excluding hydrogens is 210 g/mol. The number of aromatic nitrogens is 1. The van der Waals surface area contributed by atoms with Crippen LogP contribution in [0.15, 0.2) is 24.5 Å². The number of rotatable bonds is 4. The Morgan fingerprint density at radius 1 is 1.59 bits per heavy atom. The third kappa shape index (κ3) is 2.67. The van der Waals surface area contributed by atoms with Crippen molar-refractivity contribution in [3.63, 3.8) is 0 Å². The van der Waals surface area contributed by atoms with Crippen LogP contribution in [0.3, 0.4) is 0 Å². The number of likely N-dealkylation sites (N-methyl/N-ethyl adjacent to an activating group) is 1. The van der Waals surface area contributed by atoms with Gasteiger partial charge in [0.25, 0.3) is 0 Å². The highest BCUT2D eigenvalue weighted by atomic mass is 15.2. The first-order chi connectivity index (χ1) is 8.16. The molecule has 2 N–H and O–H groups in total. The van der Waals surface area contributed by atoms with Gasteiger partial charge in [0.2, 0.25) is 0 Å². The van der Waals surface area contributed by atoms with Crippen LogP contribution >= 0.6 is 0 Å². The van der Waals surface area contributed by atoms with Crippen LogP contribution in [-0.2, 0) is 6.54 Å². The van der Waals surface area contributed by atoms with Crippen molar-refractivity contribution in [1.29, 1.82) is 0 Å². The van der Waals surface area contributed by atoms with Crippen LogP contribution in [0.2, 0.25) is 0 Å². The van der Waals surface area contributed by atoms with Crippen LogP contribution in [0.25, 0.3) is 0 Å². The molecule has 17 heavy (non-hydrogen) atoms. The maximum absolute atomic E-state index is 6.03. The van der Waals surface area contributed by atoms with Gasteiger partial charge in [-0.2, -0.15) is 0 Å². The van der Waals surface area contributed by atoms with Crippen LogP contribution in [0.1, 0.15) is 31.7 Å². The average molecular weight is 233 g/mol. The number of pyridine rings is 1. The summed E-state index contributed by atoms with van der Waals surface area (Å²) in [6.07, 6.45) is 7.51. The molecular formula is C14H23N3. The van der Waals surface area contributed by atoms with Crippen LogP contribution in [0, 0.1) is 5.92 Å². The molecule has 0 radical (unpaired) electrons. The zero-order valence-corrected chi connectivity index (χ0v) is 10.9. The Morgan fingerprint density at radius 3 is 2.94 bits per heavy atom. The predicted molar refractivity (Wildman–Crippen MR) is 70.5 cm³/mol. The van der Waals surface area contributed by atoms with Gasteiger partial charge >= 0.3 is 0 Å². The topological polar surface area (TPSA) is 42.1 Å². The summed E-state index contributed by atoms with van der Waals surface area (Å²) in [5.74, 6) is 0.801. The van der Waals surface area contributed by atoms with E-state index in [1.807, 2.05) is 18.5 Å². The van der Waals surface area contributed by atoms with Crippen molar-refractivity contribution in [3.8, 4) is 0 Å². The summed E-state index contributed by atoms with van der Waals surface area (Å²) in [5.41, 5.74) is 7.50. The molecule has 1 aliphatic carbocycles. The highest BCUT2D eigenvalue weighted by Crippen LogP contribution is 2.38. The molecule has 0 spiro atoms. The van der Waals surface area contributed by atoms with Crippen molar-refractivity contribution in [2.45, 2.75) is 38.3 Å². The summed E-state index contributed by atoms with van der Waals surface area (Å²) in [4.78, 5) is 6.59. The molecule has 2 rings (SSSR count). The van der Waals surface area contributed by atoms with Gasteiger partial charge in [-0.1, -0.05) is 13.0 Å². The van der Waals surface area contributed by atoms with E-state index in [0.717, 1.165) is 19.0 Å². The molecule has 1 aliphatic rings. The van der Waals surface area contributed by atoms with Gasteiger partial charge in [0.1, 0.15) is 0 Å². The number of nitrogens with zero attached hydrogens (tertiary/aromatic N) is 2. The van der Waals surface area contributed by atoms with Crippen molar-refractivity contribution in [3.05, 3.63) is 30.1 Å². The smallest absolute Gasteiger partial charge is 0.0334 e. The molecule has 2 unspecified atom stereocenters. The largest absolute Gasteiger partial charge is 0.329 e. The van der Waals surface area contributed by atoms with Gasteiger partial charge in [-0.05, 0) is 43.9 Å². The van der Waals surface area contributed by atoms with E-state index in [2.05, 4.69) is 29.9 Å². The van der Waals surface area contributed by atoms with E-state index >= 15 is 0 Å². The average Bonchev–Trinajstić information content (AvgIpc) is 2.73. The summed E-state index contributed by atoms with van der Waals surface area (Å²) in [6, 6.07) is 4.13. The van der Waals surface area contributed by atoms with Crippen molar-refractivity contribution >= 4 is 0 Å². The van der Waals surface area contributed by atoms with Gasteiger partial charge in [-0.25, -0.2) is 0 Å². The molecule has 0 amide bonds. The second-order valence-electron chi connectivity index (χ2n) is 5.49. The third-order valence-corrected chi connectivity index (χ3v) is 4.16. The summed E-state index contributed by atoms with van der Waals surface area (Å²) < 4.78 is 0. The Kier molecular flexibility index (Phi) is 3.79. The van der Waals surface area contributed by atoms with Crippen LogP contribution in [0.5, 0.6) is 0 Å². The monoisotopic (exact) mass is 233 g/mol. The number of hydrogen-bond acceptors (Lipinski definition) is 3. The van der Waals surface area contributed by atoms with E-state index in [1.165, 1.54) is 24.8 Å². The van der Waals surface area contributed by atoms with Crippen molar-refractivity contribution < 1.29 is 0 Å². The summed E-state index contributed by atoms with van der Waals surface area (Å²) >= 11 is 0. The quantitative estimate of drug-likeness (QED) is 0.865. The first kappa shape index (κ1) is 12.5. The second kappa shape index (κ2) is 5.15. The lowest BCUT2D eigenvalue weighted by atomic mass is 9.94. The Bertz CT molecular complexity index is 352. The predicted octanol–water partition coefficient (Wildman–Crippen LogP) is 2.03.